The molecule has 1 unspecified atom stereocenters. The number of hydrogen-bond donors (Lipinski definition) is 1. The zero-order chi connectivity index (χ0) is 12.7. The van der Waals surface area contributed by atoms with E-state index < -0.39 is 0 Å². The first-order valence-electron chi connectivity index (χ1n) is 5.55. The molecule has 0 aliphatic carbocycles. The Labute approximate surface area is 101 Å². The second kappa shape index (κ2) is 6.68. The summed E-state index contributed by atoms with van der Waals surface area (Å²) in [6.07, 6.45) is 0.573. The standard InChI is InChI=1S/C13H17NO3/c1-10(15)14-13(8-9-17-11(2)16)12-6-4-3-5-7-12/h3-7,13H,8-9H2,1-2H3,(H,14,15). The quantitative estimate of drug-likeness (QED) is 0.792. The van der Waals surface area contributed by atoms with Crippen LogP contribution in [0.1, 0.15) is 31.9 Å². The Morgan fingerprint density at radius 3 is 2.41 bits per heavy atom. The molecule has 1 N–H and O–H groups in total. The lowest BCUT2D eigenvalue weighted by Crippen LogP contribution is -2.27. The zero-order valence-corrected chi connectivity index (χ0v) is 10.1. The summed E-state index contributed by atoms with van der Waals surface area (Å²) in [7, 11) is 0. The van der Waals surface area contributed by atoms with E-state index in [9.17, 15) is 9.59 Å². The fraction of sp³-hybridized carbons (Fsp3) is 0.385. The Hall–Kier alpha value is -1.84. The number of rotatable bonds is 5. The molecule has 4 nitrogen and oxygen atoms in total. The van der Waals surface area contributed by atoms with E-state index in [0.29, 0.717) is 13.0 Å². The van der Waals surface area contributed by atoms with E-state index in [1.165, 1.54) is 13.8 Å². The van der Waals surface area contributed by atoms with Gasteiger partial charge in [0, 0.05) is 20.3 Å². The number of nitrogens with one attached hydrogen (secondary N) is 1. The van der Waals surface area contributed by atoms with Crippen molar-refractivity contribution < 1.29 is 14.3 Å². The molecule has 0 saturated heterocycles. The van der Waals surface area contributed by atoms with Gasteiger partial charge in [-0.3, -0.25) is 9.59 Å². The van der Waals surface area contributed by atoms with E-state index in [0.717, 1.165) is 5.56 Å². The monoisotopic (exact) mass is 235 g/mol. The van der Waals surface area contributed by atoms with Gasteiger partial charge < -0.3 is 10.1 Å². The molecule has 0 aliphatic rings. The van der Waals surface area contributed by atoms with Gasteiger partial charge in [-0.25, -0.2) is 0 Å². The first kappa shape index (κ1) is 13.2. The predicted octanol–water partition coefficient (Wildman–Crippen LogP) is 1.82. The van der Waals surface area contributed by atoms with Gasteiger partial charge in [0.1, 0.15) is 0 Å². The summed E-state index contributed by atoms with van der Waals surface area (Å²) in [5.74, 6) is -0.402. The van der Waals surface area contributed by atoms with Crippen LogP contribution in [0.25, 0.3) is 0 Å². The molecule has 0 aromatic heterocycles. The highest BCUT2D eigenvalue weighted by Gasteiger charge is 2.12. The van der Waals surface area contributed by atoms with Crippen molar-refractivity contribution in [1.82, 2.24) is 5.32 Å². The number of carbonyl (C=O) groups is 2. The maximum absolute atomic E-state index is 11.1. The minimum Gasteiger partial charge on any atom is -0.466 e. The summed E-state index contributed by atoms with van der Waals surface area (Å²) in [5, 5.41) is 2.84. The van der Waals surface area contributed by atoms with E-state index in [-0.39, 0.29) is 17.9 Å². The highest BCUT2D eigenvalue weighted by Crippen LogP contribution is 2.16. The maximum Gasteiger partial charge on any atom is 0.302 e. The van der Waals surface area contributed by atoms with E-state index in [1.54, 1.807) is 0 Å². The van der Waals surface area contributed by atoms with E-state index >= 15 is 0 Å². The Morgan fingerprint density at radius 2 is 1.88 bits per heavy atom. The zero-order valence-electron chi connectivity index (χ0n) is 10.1. The van der Waals surface area contributed by atoms with Gasteiger partial charge in [0.25, 0.3) is 0 Å². The van der Waals surface area contributed by atoms with Crippen molar-refractivity contribution in [3.05, 3.63) is 35.9 Å². The van der Waals surface area contributed by atoms with E-state index in [1.807, 2.05) is 30.3 Å². The van der Waals surface area contributed by atoms with E-state index in [2.05, 4.69) is 5.32 Å². The first-order valence-corrected chi connectivity index (χ1v) is 5.55. The van der Waals surface area contributed by atoms with Crippen LogP contribution in [-0.4, -0.2) is 18.5 Å². The molecule has 0 saturated carbocycles. The molecule has 0 fully saturated rings. The first-order chi connectivity index (χ1) is 8.09. The fourth-order valence-corrected chi connectivity index (χ4v) is 1.57. The number of esters is 1. The van der Waals surface area contributed by atoms with Crippen molar-refractivity contribution in [2.24, 2.45) is 0 Å². The van der Waals surface area contributed by atoms with Crippen LogP contribution in [0.5, 0.6) is 0 Å². The number of carbonyl (C=O) groups excluding carboxylic acids is 2. The number of hydrogen-bond acceptors (Lipinski definition) is 3. The molecule has 0 radical (unpaired) electrons. The summed E-state index contributed by atoms with van der Waals surface area (Å²) in [4.78, 5) is 21.8. The minimum atomic E-state index is -0.306. The summed E-state index contributed by atoms with van der Waals surface area (Å²) >= 11 is 0. The van der Waals surface area contributed by atoms with Crippen LogP contribution in [0, 0.1) is 0 Å². The molecule has 0 aliphatic heterocycles. The average molecular weight is 235 g/mol. The van der Waals surface area contributed by atoms with Crippen LogP contribution >= 0.6 is 0 Å². The summed E-state index contributed by atoms with van der Waals surface area (Å²) in [6, 6.07) is 9.50. The van der Waals surface area contributed by atoms with Crippen molar-refractivity contribution in [3.63, 3.8) is 0 Å². The van der Waals surface area contributed by atoms with Crippen molar-refractivity contribution in [2.45, 2.75) is 26.3 Å². The van der Waals surface area contributed by atoms with Crippen LogP contribution in [0.3, 0.4) is 0 Å². The number of amides is 1. The summed E-state index contributed by atoms with van der Waals surface area (Å²) < 4.78 is 4.89. The maximum atomic E-state index is 11.1. The average Bonchev–Trinajstić information content (AvgIpc) is 2.28. The summed E-state index contributed by atoms with van der Waals surface area (Å²) in [6.45, 7) is 3.15. The minimum absolute atomic E-state index is 0.0957. The van der Waals surface area contributed by atoms with Gasteiger partial charge in [0.05, 0.1) is 12.6 Å². The van der Waals surface area contributed by atoms with E-state index in [4.69, 9.17) is 4.74 Å². The smallest absolute Gasteiger partial charge is 0.302 e. The van der Waals surface area contributed by atoms with Gasteiger partial charge in [-0.05, 0) is 5.56 Å². The van der Waals surface area contributed by atoms with Gasteiger partial charge in [0.15, 0.2) is 0 Å². The Morgan fingerprint density at radius 1 is 1.24 bits per heavy atom. The topological polar surface area (TPSA) is 55.4 Å². The van der Waals surface area contributed by atoms with Gasteiger partial charge in [-0.2, -0.15) is 0 Å². The molecule has 0 spiro atoms. The number of ether oxygens (including phenoxy) is 1. The third-order valence-corrected chi connectivity index (χ3v) is 2.29. The van der Waals surface area contributed by atoms with Crippen molar-refractivity contribution in [1.29, 1.82) is 0 Å². The van der Waals surface area contributed by atoms with Crippen LogP contribution in [0.15, 0.2) is 30.3 Å². The molecule has 92 valence electrons. The molecule has 1 rings (SSSR count). The highest BCUT2D eigenvalue weighted by molar-refractivity contribution is 5.73. The molecule has 1 amide bonds. The van der Waals surface area contributed by atoms with Crippen LogP contribution in [0.4, 0.5) is 0 Å². The highest BCUT2D eigenvalue weighted by atomic mass is 16.5. The van der Waals surface area contributed by atoms with Crippen molar-refractivity contribution >= 4 is 11.9 Å². The molecule has 1 aromatic rings. The Balaban J connectivity index is 2.61. The van der Waals surface area contributed by atoms with Gasteiger partial charge >= 0.3 is 5.97 Å². The molecule has 0 bridgehead atoms. The van der Waals surface area contributed by atoms with Gasteiger partial charge in [-0.1, -0.05) is 30.3 Å². The van der Waals surface area contributed by atoms with Gasteiger partial charge in [-0.15, -0.1) is 0 Å². The third kappa shape index (κ3) is 5.15. The van der Waals surface area contributed by atoms with Crippen LogP contribution in [0.2, 0.25) is 0 Å². The molecule has 1 atom stereocenters. The van der Waals surface area contributed by atoms with Crippen LogP contribution < -0.4 is 5.32 Å². The largest absolute Gasteiger partial charge is 0.466 e. The Kier molecular flexibility index (Phi) is 5.20. The lowest BCUT2D eigenvalue weighted by molar-refractivity contribution is -0.141. The van der Waals surface area contributed by atoms with Crippen molar-refractivity contribution in [2.75, 3.05) is 6.61 Å². The van der Waals surface area contributed by atoms with Crippen molar-refractivity contribution in [3.8, 4) is 0 Å². The molecule has 4 heteroatoms. The lowest BCUT2D eigenvalue weighted by Gasteiger charge is -2.18. The molecule has 17 heavy (non-hydrogen) atoms. The lowest BCUT2D eigenvalue weighted by atomic mass is 10.0. The predicted molar refractivity (Wildman–Crippen MR) is 64.2 cm³/mol. The number of benzene rings is 1. The SMILES string of the molecule is CC(=O)NC(CCOC(C)=O)c1ccccc1. The Bertz CT molecular complexity index is 376. The second-order valence-electron chi connectivity index (χ2n) is 3.79. The van der Waals surface area contributed by atoms with Gasteiger partial charge in [0.2, 0.25) is 5.91 Å². The summed E-state index contributed by atoms with van der Waals surface area (Å²) in [5.41, 5.74) is 1.01. The molecular formula is C13H17NO3. The third-order valence-electron chi connectivity index (χ3n) is 2.29. The molecule has 0 heterocycles. The molecular weight excluding hydrogens is 218 g/mol. The van der Waals surface area contributed by atoms with Crippen LogP contribution in [-0.2, 0) is 14.3 Å². The molecule has 1 aromatic carbocycles. The normalized spacial score (nSPS) is 11.6. The second-order valence-corrected chi connectivity index (χ2v) is 3.79. The fourth-order valence-electron chi connectivity index (χ4n) is 1.57.